The first kappa shape index (κ1) is 26.9. The zero-order chi connectivity index (χ0) is 27.3. The van der Waals surface area contributed by atoms with Crippen LogP contribution < -0.4 is 10.0 Å². The van der Waals surface area contributed by atoms with Crippen LogP contribution in [0.2, 0.25) is 0 Å². The van der Waals surface area contributed by atoms with E-state index >= 15 is 0 Å². The first-order valence-electron chi connectivity index (χ1n) is 11.1. The molecule has 0 saturated heterocycles. The van der Waals surface area contributed by atoms with Crippen LogP contribution in [0.3, 0.4) is 0 Å². The van der Waals surface area contributed by atoms with Gasteiger partial charge >= 0.3 is 11.9 Å². The van der Waals surface area contributed by atoms with Gasteiger partial charge in [-0.15, -0.1) is 0 Å². The highest BCUT2D eigenvalue weighted by atomic mass is 32.2. The lowest BCUT2D eigenvalue weighted by molar-refractivity contribution is -0.117. The molecule has 0 saturated carbocycles. The van der Waals surface area contributed by atoms with Crippen LogP contribution in [0, 0.1) is 0 Å². The van der Waals surface area contributed by atoms with Gasteiger partial charge in [-0.25, -0.2) is 18.0 Å². The second kappa shape index (κ2) is 11.5. The van der Waals surface area contributed by atoms with Gasteiger partial charge in [0, 0.05) is 5.69 Å². The zero-order valence-corrected chi connectivity index (χ0v) is 21.8. The minimum atomic E-state index is -4.22. The molecule has 0 aliphatic carbocycles. The number of hydrogen-bond donors (Lipinski definition) is 2. The van der Waals surface area contributed by atoms with Crippen molar-refractivity contribution in [2.75, 3.05) is 19.5 Å². The first-order valence-corrected chi connectivity index (χ1v) is 13.3. The fraction of sp³-hybridized carbons (Fsp3) is 0.160. The van der Waals surface area contributed by atoms with Gasteiger partial charge < -0.3 is 14.8 Å². The molecule has 1 aromatic heterocycles. The summed E-state index contributed by atoms with van der Waals surface area (Å²) in [6, 6.07) is 16.0. The Kier molecular flexibility index (Phi) is 8.10. The number of sulfonamides is 1. The summed E-state index contributed by atoms with van der Waals surface area (Å²) < 4.78 is 46.9. The molecule has 3 aromatic carbocycles. The number of hydrogen-bond acceptors (Lipinski definition) is 10. The third kappa shape index (κ3) is 6.02. The van der Waals surface area contributed by atoms with E-state index in [1.54, 1.807) is 36.4 Å². The third-order valence-corrected chi connectivity index (χ3v) is 7.52. The molecule has 11 nitrogen and oxygen atoms in total. The number of benzene rings is 3. The molecule has 4 aromatic rings. The van der Waals surface area contributed by atoms with Crippen LogP contribution in [0.4, 0.5) is 5.69 Å². The second-order valence-corrected chi connectivity index (χ2v) is 10.2. The van der Waals surface area contributed by atoms with E-state index in [2.05, 4.69) is 18.8 Å². The molecule has 196 valence electrons. The number of fused-ring (bicyclic) bond motifs is 1. The lowest BCUT2D eigenvalue weighted by atomic mass is 10.1. The minimum Gasteiger partial charge on any atom is -0.465 e. The Morgan fingerprint density at radius 3 is 2.18 bits per heavy atom. The van der Waals surface area contributed by atoms with Gasteiger partial charge in [0.05, 0.1) is 37.1 Å². The molecule has 0 aliphatic rings. The van der Waals surface area contributed by atoms with Crippen molar-refractivity contribution in [1.82, 2.24) is 13.5 Å². The molecule has 1 amide bonds. The molecular formula is C25H22N4O7S2. The number of carbonyl (C=O) groups is 3. The van der Waals surface area contributed by atoms with Crippen LogP contribution in [0.15, 0.2) is 71.6 Å². The van der Waals surface area contributed by atoms with Crippen molar-refractivity contribution in [1.29, 1.82) is 0 Å². The third-order valence-electron chi connectivity index (χ3n) is 5.48. The maximum absolute atomic E-state index is 13.4. The number of rotatable bonds is 9. The smallest absolute Gasteiger partial charge is 0.337 e. The molecule has 0 spiro atoms. The Bertz CT molecular complexity index is 1570. The maximum Gasteiger partial charge on any atom is 0.337 e. The lowest BCUT2D eigenvalue weighted by Crippen LogP contribution is -2.45. The average Bonchev–Trinajstić information content (AvgIpc) is 3.41. The molecule has 0 aliphatic heterocycles. The van der Waals surface area contributed by atoms with Gasteiger partial charge in [0.15, 0.2) is 0 Å². The van der Waals surface area contributed by atoms with Crippen LogP contribution in [-0.4, -0.2) is 55.3 Å². The van der Waals surface area contributed by atoms with Gasteiger partial charge in [-0.2, -0.15) is 13.5 Å². The number of methoxy groups -OCH3 is 2. The SMILES string of the molecule is COC(=O)c1cc(NC(=O)[C@@H](Cc2ccccc2)NS(=O)(=O)c2cccc3nsnc23)cc(C(=O)OC)c1. The van der Waals surface area contributed by atoms with Crippen molar-refractivity contribution in [3.63, 3.8) is 0 Å². The maximum atomic E-state index is 13.4. The summed E-state index contributed by atoms with van der Waals surface area (Å²) in [6.45, 7) is 0. The van der Waals surface area contributed by atoms with Crippen molar-refractivity contribution in [3.8, 4) is 0 Å². The number of esters is 2. The summed E-state index contributed by atoms with van der Waals surface area (Å²) in [4.78, 5) is 37.6. The molecule has 2 N–H and O–H groups in total. The van der Waals surface area contributed by atoms with E-state index in [0.29, 0.717) is 11.1 Å². The van der Waals surface area contributed by atoms with Gasteiger partial charge in [-0.05, 0) is 42.3 Å². The van der Waals surface area contributed by atoms with E-state index in [4.69, 9.17) is 9.47 Å². The largest absolute Gasteiger partial charge is 0.465 e. The van der Waals surface area contributed by atoms with E-state index in [1.165, 1.54) is 44.6 Å². The highest BCUT2D eigenvalue weighted by Crippen LogP contribution is 2.22. The molecule has 1 heterocycles. The number of carbonyl (C=O) groups excluding carboxylic acids is 3. The quantitative estimate of drug-likeness (QED) is 0.297. The van der Waals surface area contributed by atoms with Gasteiger partial charge in [-0.1, -0.05) is 36.4 Å². The number of aromatic nitrogens is 2. The van der Waals surface area contributed by atoms with Crippen LogP contribution in [0.25, 0.3) is 11.0 Å². The summed E-state index contributed by atoms with van der Waals surface area (Å²) in [5.74, 6) is -2.20. The summed E-state index contributed by atoms with van der Waals surface area (Å²) in [7, 11) is -1.87. The van der Waals surface area contributed by atoms with Crippen molar-refractivity contribution in [3.05, 3.63) is 83.4 Å². The van der Waals surface area contributed by atoms with Gasteiger partial charge in [0.1, 0.15) is 22.0 Å². The van der Waals surface area contributed by atoms with E-state index in [1.807, 2.05) is 0 Å². The monoisotopic (exact) mass is 554 g/mol. The number of amides is 1. The standard InChI is InChI=1S/C25H22N4O7S2/c1-35-24(31)16-12-17(25(32)36-2)14-18(13-16)26-23(30)20(11-15-7-4-3-5-8-15)29-38(33,34)21-10-6-9-19-22(21)28-37-27-19/h3-10,12-14,20,29H,11H2,1-2H3,(H,26,30)/t20-/m1/s1. The Labute approximate surface area is 222 Å². The summed E-state index contributed by atoms with van der Waals surface area (Å²) in [5.41, 5.74) is 1.36. The van der Waals surface area contributed by atoms with E-state index in [-0.39, 0.29) is 33.6 Å². The molecule has 4 rings (SSSR count). The van der Waals surface area contributed by atoms with Crippen molar-refractivity contribution < 1.29 is 32.3 Å². The molecule has 0 fully saturated rings. The van der Waals surface area contributed by atoms with Crippen molar-refractivity contribution in [2.24, 2.45) is 0 Å². The van der Waals surface area contributed by atoms with E-state index in [0.717, 1.165) is 11.7 Å². The Morgan fingerprint density at radius 1 is 0.895 bits per heavy atom. The van der Waals surface area contributed by atoms with Crippen LogP contribution in [-0.2, 0) is 30.7 Å². The summed E-state index contributed by atoms with van der Waals surface area (Å²) in [5, 5.41) is 2.60. The lowest BCUT2D eigenvalue weighted by Gasteiger charge is -2.19. The second-order valence-electron chi connectivity index (χ2n) is 8.02. The van der Waals surface area contributed by atoms with Crippen LogP contribution >= 0.6 is 11.7 Å². The van der Waals surface area contributed by atoms with Crippen molar-refractivity contribution in [2.45, 2.75) is 17.4 Å². The molecule has 38 heavy (non-hydrogen) atoms. The number of ether oxygens (including phenoxy) is 2. The number of anilines is 1. The molecule has 0 bridgehead atoms. The topological polar surface area (TPSA) is 154 Å². The fourth-order valence-electron chi connectivity index (χ4n) is 3.69. The molecule has 0 radical (unpaired) electrons. The highest BCUT2D eigenvalue weighted by molar-refractivity contribution is 7.89. The molecule has 1 atom stereocenters. The van der Waals surface area contributed by atoms with E-state index in [9.17, 15) is 22.8 Å². The number of nitrogens with zero attached hydrogens (tertiary/aromatic N) is 2. The van der Waals surface area contributed by atoms with Gasteiger partial charge in [0.25, 0.3) is 0 Å². The zero-order valence-electron chi connectivity index (χ0n) is 20.2. The Hall–Kier alpha value is -4.20. The fourth-order valence-corrected chi connectivity index (χ4v) is 5.65. The summed E-state index contributed by atoms with van der Waals surface area (Å²) in [6.07, 6.45) is 0.0117. The van der Waals surface area contributed by atoms with Crippen molar-refractivity contribution >= 4 is 56.3 Å². The Balaban J connectivity index is 1.69. The molecular weight excluding hydrogens is 532 g/mol. The van der Waals surface area contributed by atoms with Gasteiger partial charge in [0.2, 0.25) is 15.9 Å². The molecule has 0 unspecified atom stereocenters. The number of nitrogens with one attached hydrogen (secondary N) is 2. The van der Waals surface area contributed by atoms with Gasteiger partial charge in [-0.3, -0.25) is 4.79 Å². The predicted octanol–water partition coefficient (Wildman–Crippen LogP) is 2.79. The predicted molar refractivity (Wildman–Crippen MR) is 139 cm³/mol. The van der Waals surface area contributed by atoms with Crippen LogP contribution in [0.1, 0.15) is 26.3 Å². The summed E-state index contributed by atoms with van der Waals surface area (Å²) >= 11 is 0.877. The van der Waals surface area contributed by atoms with E-state index < -0.39 is 33.9 Å². The first-order chi connectivity index (χ1) is 18.2. The minimum absolute atomic E-state index is 0.00593. The average molecular weight is 555 g/mol. The Morgan fingerprint density at radius 2 is 1.55 bits per heavy atom. The highest BCUT2D eigenvalue weighted by Gasteiger charge is 2.29. The molecule has 13 heteroatoms. The van der Waals surface area contributed by atoms with Crippen LogP contribution in [0.5, 0.6) is 0 Å². The normalized spacial score (nSPS) is 12.1.